The van der Waals surface area contributed by atoms with E-state index in [2.05, 4.69) is 6.92 Å². The van der Waals surface area contributed by atoms with Crippen molar-refractivity contribution in [2.75, 3.05) is 13.1 Å². The lowest BCUT2D eigenvalue weighted by molar-refractivity contribution is 0.0683. The molecule has 1 aliphatic rings. The average Bonchev–Trinajstić information content (AvgIpc) is 3.00. The van der Waals surface area contributed by atoms with E-state index in [1.54, 1.807) is 31.3 Å². The topological polar surface area (TPSA) is 55.5 Å². The minimum atomic E-state index is -0.346. The minimum Gasteiger partial charge on any atom is -0.460 e. The van der Waals surface area contributed by atoms with Crippen LogP contribution in [0.15, 0.2) is 45.7 Å². The van der Waals surface area contributed by atoms with Gasteiger partial charge in [-0.1, -0.05) is 19.1 Å². The fourth-order valence-electron chi connectivity index (χ4n) is 4.01. The van der Waals surface area contributed by atoms with E-state index in [0.717, 1.165) is 12.8 Å². The summed E-state index contributed by atoms with van der Waals surface area (Å²) in [4.78, 5) is 28.1. The lowest BCUT2D eigenvalue weighted by Crippen LogP contribution is -2.39. The smallest absolute Gasteiger partial charge is 0.262 e. The maximum Gasteiger partial charge on any atom is 0.262 e. The zero-order valence-electron chi connectivity index (χ0n) is 16.1. The molecule has 1 amide bonds. The highest BCUT2D eigenvalue weighted by atomic mass is 19.1. The first-order valence-corrected chi connectivity index (χ1v) is 9.60. The number of aryl methyl sites for hydroxylation is 1. The van der Waals surface area contributed by atoms with E-state index in [1.807, 2.05) is 4.90 Å². The normalized spacial score (nSPS) is 17.2. The highest BCUT2D eigenvalue weighted by molar-refractivity contribution is 6.06. The van der Waals surface area contributed by atoms with Gasteiger partial charge in [-0.25, -0.2) is 4.39 Å². The summed E-state index contributed by atoms with van der Waals surface area (Å²) in [6.45, 7) is 5.46. The number of nitrogens with zero attached hydrogens (tertiary/aromatic N) is 2. The highest BCUT2D eigenvalue weighted by Gasteiger charge is 2.28. The quantitative estimate of drug-likeness (QED) is 0.689. The van der Waals surface area contributed by atoms with Crippen LogP contribution in [-0.2, 0) is 6.54 Å². The lowest BCUT2D eigenvalue weighted by atomic mass is 9.99. The van der Waals surface area contributed by atoms with Gasteiger partial charge in [0.25, 0.3) is 11.5 Å². The van der Waals surface area contributed by atoms with Crippen LogP contribution in [0, 0.1) is 18.7 Å². The molecule has 4 rings (SSSR count). The Balaban J connectivity index is 1.76. The molecule has 3 aromatic rings. The van der Waals surface area contributed by atoms with Crippen molar-refractivity contribution in [3.63, 3.8) is 0 Å². The molecule has 146 valence electrons. The molecule has 0 bridgehead atoms. The molecule has 2 aromatic heterocycles. The summed E-state index contributed by atoms with van der Waals surface area (Å²) < 4.78 is 20.7. The maximum atomic E-state index is 13.5. The molecule has 0 N–H and O–H groups in total. The Labute approximate surface area is 162 Å². The molecule has 0 radical (unpaired) electrons. The summed E-state index contributed by atoms with van der Waals surface area (Å²) >= 11 is 0. The third-order valence-corrected chi connectivity index (χ3v) is 5.39. The number of furan rings is 1. The van der Waals surface area contributed by atoms with Crippen molar-refractivity contribution in [2.24, 2.45) is 5.92 Å². The molecular weight excluding hydrogens is 359 g/mol. The van der Waals surface area contributed by atoms with Crippen LogP contribution in [0.3, 0.4) is 0 Å². The molecule has 1 atom stereocenters. The Bertz CT molecular complexity index is 1100. The number of piperidine rings is 1. The Kier molecular flexibility index (Phi) is 4.79. The number of likely N-dealkylation sites (tertiary alicyclic amines) is 1. The summed E-state index contributed by atoms with van der Waals surface area (Å²) in [5.41, 5.74) is 1.14. The van der Waals surface area contributed by atoms with Crippen molar-refractivity contribution in [3.05, 3.63) is 69.6 Å². The van der Waals surface area contributed by atoms with Gasteiger partial charge in [-0.2, -0.15) is 0 Å². The molecule has 0 spiro atoms. The molecule has 1 saturated heterocycles. The Morgan fingerprint density at radius 2 is 2.14 bits per heavy atom. The van der Waals surface area contributed by atoms with Crippen LogP contribution in [-0.4, -0.2) is 28.5 Å². The van der Waals surface area contributed by atoms with E-state index in [-0.39, 0.29) is 23.8 Å². The predicted molar refractivity (Wildman–Crippen MR) is 105 cm³/mol. The molecule has 0 saturated carbocycles. The number of pyridine rings is 1. The molecule has 1 unspecified atom stereocenters. The number of halogens is 1. The molecule has 5 nitrogen and oxygen atoms in total. The summed E-state index contributed by atoms with van der Waals surface area (Å²) in [7, 11) is 0. The van der Waals surface area contributed by atoms with Crippen LogP contribution in [0.4, 0.5) is 4.39 Å². The number of rotatable bonds is 3. The second kappa shape index (κ2) is 7.26. The van der Waals surface area contributed by atoms with Gasteiger partial charge >= 0.3 is 0 Å². The number of hydrogen-bond acceptors (Lipinski definition) is 3. The zero-order valence-corrected chi connectivity index (χ0v) is 16.1. The summed E-state index contributed by atoms with van der Waals surface area (Å²) in [5.74, 6) is 0.406. The standard InChI is InChI=1S/C22H23FN2O3/c1-14-5-4-9-24(12-14)21(26)19-15(2)28-18-8-10-25(22(27)20(18)19)13-16-6-3-7-17(23)11-16/h3,6-8,10-11,14H,4-5,9,12-13H2,1-2H3. The first-order chi connectivity index (χ1) is 13.4. The fraction of sp³-hybridized carbons (Fsp3) is 0.364. The lowest BCUT2D eigenvalue weighted by Gasteiger charge is -2.30. The zero-order chi connectivity index (χ0) is 19.8. The first-order valence-electron chi connectivity index (χ1n) is 9.60. The number of hydrogen-bond donors (Lipinski definition) is 0. The van der Waals surface area contributed by atoms with Crippen molar-refractivity contribution in [1.82, 2.24) is 9.47 Å². The molecular formula is C22H23FN2O3. The van der Waals surface area contributed by atoms with Crippen molar-refractivity contribution >= 4 is 16.9 Å². The SMILES string of the molecule is Cc1oc2ccn(Cc3cccc(F)c3)c(=O)c2c1C(=O)N1CCCC(C)C1. The van der Waals surface area contributed by atoms with Crippen molar-refractivity contribution < 1.29 is 13.6 Å². The van der Waals surface area contributed by atoms with Gasteiger partial charge in [0.05, 0.1) is 17.5 Å². The second-order valence-electron chi connectivity index (χ2n) is 7.65. The number of carbonyl (C=O) groups is 1. The van der Waals surface area contributed by atoms with Crippen molar-refractivity contribution in [1.29, 1.82) is 0 Å². The van der Waals surface area contributed by atoms with Gasteiger partial charge in [0.15, 0.2) is 0 Å². The Morgan fingerprint density at radius 1 is 1.32 bits per heavy atom. The Morgan fingerprint density at radius 3 is 2.89 bits per heavy atom. The molecule has 28 heavy (non-hydrogen) atoms. The van der Waals surface area contributed by atoms with Crippen LogP contribution in [0.25, 0.3) is 11.0 Å². The first kappa shape index (κ1) is 18.5. The van der Waals surface area contributed by atoms with Gasteiger partial charge in [0.1, 0.15) is 17.2 Å². The minimum absolute atomic E-state index is 0.150. The van der Waals surface area contributed by atoms with E-state index < -0.39 is 0 Å². The van der Waals surface area contributed by atoms with E-state index in [1.165, 1.54) is 16.7 Å². The number of aromatic nitrogens is 1. The van der Waals surface area contributed by atoms with Crippen LogP contribution in [0.5, 0.6) is 0 Å². The van der Waals surface area contributed by atoms with E-state index in [4.69, 9.17) is 4.42 Å². The molecule has 3 heterocycles. The van der Waals surface area contributed by atoms with Gasteiger partial charge in [-0.15, -0.1) is 0 Å². The molecule has 0 aliphatic carbocycles. The summed E-state index contributed by atoms with van der Waals surface area (Å²) in [6.07, 6.45) is 3.69. The number of benzene rings is 1. The van der Waals surface area contributed by atoms with Crippen LogP contribution in [0.2, 0.25) is 0 Å². The Hall–Kier alpha value is -2.89. The highest BCUT2D eigenvalue weighted by Crippen LogP contribution is 2.26. The van der Waals surface area contributed by atoms with Gasteiger partial charge in [0, 0.05) is 19.3 Å². The van der Waals surface area contributed by atoms with E-state index in [9.17, 15) is 14.0 Å². The molecule has 1 aromatic carbocycles. The van der Waals surface area contributed by atoms with E-state index >= 15 is 0 Å². The van der Waals surface area contributed by atoms with Crippen LogP contribution in [0.1, 0.15) is 41.4 Å². The predicted octanol–water partition coefficient (Wildman–Crippen LogP) is 3.96. The number of carbonyl (C=O) groups excluding carboxylic acids is 1. The number of amides is 1. The van der Waals surface area contributed by atoms with Crippen LogP contribution >= 0.6 is 0 Å². The second-order valence-corrected chi connectivity index (χ2v) is 7.65. The third-order valence-electron chi connectivity index (χ3n) is 5.39. The van der Waals surface area contributed by atoms with Crippen molar-refractivity contribution in [2.45, 2.75) is 33.2 Å². The molecule has 1 aliphatic heterocycles. The van der Waals surface area contributed by atoms with E-state index in [0.29, 0.717) is 46.9 Å². The summed E-state index contributed by atoms with van der Waals surface area (Å²) in [5, 5.41) is 0.305. The van der Waals surface area contributed by atoms with Gasteiger partial charge in [-0.3, -0.25) is 9.59 Å². The van der Waals surface area contributed by atoms with Gasteiger partial charge in [0.2, 0.25) is 0 Å². The fourth-order valence-corrected chi connectivity index (χ4v) is 4.01. The molecule has 6 heteroatoms. The van der Waals surface area contributed by atoms with Gasteiger partial charge in [-0.05, 0) is 49.4 Å². The third kappa shape index (κ3) is 3.35. The largest absolute Gasteiger partial charge is 0.460 e. The maximum absolute atomic E-state index is 13.5. The summed E-state index contributed by atoms with van der Waals surface area (Å²) in [6, 6.07) is 7.84. The van der Waals surface area contributed by atoms with Crippen LogP contribution < -0.4 is 5.56 Å². The van der Waals surface area contributed by atoms with Crippen molar-refractivity contribution in [3.8, 4) is 0 Å². The number of fused-ring (bicyclic) bond motifs is 1. The molecule has 1 fully saturated rings. The average molecular weight is 382 g/mol. The monoisotopic (exact) mass is 382 g/mol. The van der Waals surface area contributed by atoms with Gasteiger partial charge < -0.3 is 13.9 Å².